The molecule has 0 spiro atoms. The van der Waals surface area contributed by atoms with Gasteiger partial charge >= 0.3 is 0 Å². The van der Waals surface area contributed by atoms with Crippen molar-refractivity contribution in [3.05, 3.63) is 34.8 Å². The molecule has 8 heteroatoms. The minimum Gasteiger partial charge on any atom is -0.490 e. The SMILES string of the molecule is O=C(Nc1nnc(COCC2CCCO2)s1)c1ccc(OC2CCCCC2)cc1. The van der Waals surface area contributed by atoms with Crippen molar-refractivity contribution in [3.8, 4) is 5.75 Å². The molecule has 2 aromatic rings. The van der Waals surface area contributed by atoms with Crippen LogP contribution in [0.1, 0.15) is 60.3 Å². The molecule has 1 aromatic carbocycles. The number of rotatable bonds is 8. The van der Waals surface area contributed by atoms with E-state index in [0.717, 1.165) is 43.0 Å². The van der Waals surface area contributed by atoms with Gasteiger partial charge in [0, 0.05) is 12.2 Å². The Morgan fingerprint density at radius 1 is 1.10 bits per heavy atom. The molecular weight excluding hydrogens is 390 g/mol. The number of hydrogen-bond donors (Lipinski definition) is 1. The first-order valence-corrected chi connectivity index (χ1v) is 11.2. The Bertz CT molecular complexity index is 783. The van der Waals surface area contributed by atoms with Crippen LogP contribution < -0.4 is 10.1 Å². The van der Waals surface area contributed by atoms with E-state index in [-0.39, 0.29) is 12.0 Å². The summed E-state index contributed by atoms with van der Waals surface area (Å²) in [6.07, 6.45) is 8.60. The number of nitrogens with zero attached hydrogens (tertiary/aromatic N) is 2. The standard InChI is InChI=1S/C21H27N3O4S/c25-20(15-8-10-17(11-9-15)28-16-5-2-1-3-6-16)22-21-24-23-19(29-21)14-26-13-18-7-4-12-27-18/h8-11,16,18H,1-7,12-14H2,(H,22,24,25). The third kappa shape index (κ3) is 5.98. The second kappa shape index (κ2) is 10.1. The van der Waals surface area contributed by atoms with Crippen molar-refractivity contribution in [2.45, 2.75) is 63.8 Å². The smallest absolute Gasteiger partial charge is 0.257 e. The van der Waals surface area contributed by atoms with E-state index in [4.69, 9.17) is 14.2 Å². The van der Waals surface area contributed by atoms with Gasteiger partial charge in [-0.15, -0.1) is 10.2 Å². The molecule has 1 N–H and O–H groups in total. The lowest BCUT2D eigenvalue weighted by atomic mass is 9.98. The van der Waals surface area contributed by atoms with Gasteiger partial charge in [-0.2, -0.15) is 0 Å². The van der Waals surface area contributed by atoms with Crippen LogP contribution in [-0.2, 0) is 16.1 Å². The molecule has 4 rings (SSSR count). The highest BCUT2D eigenvalue weighted by atomic mass is 32.1. The van der Waals surface area contributed by atoms with Crippen molar-refractivity contribution in [1.82, 2.24) is 10.2 Å². The van der Waals surface area contributed by atoms with E-state index in [2.05, 4.69) is 15.5 Å². The van der Waals surface area contributed by atoms with Gasteiger partial charge in [0.15, 0.2) is 0 Å². The molecule has 1 amide bonds. The number of anilines is 1. The Morgan fingerprint density at radius 2 is 1.93 bits per heavy atom. The summed E-state index contributed by atoms with van der Waals surface area (Å²) >= 11 is 1.32. The molecule has 156 valence electrons. The zero-order valence-electron chi connectivity index (χ0n) is 16.5. The van der Waals surface area contributed by atoms with Crippen molar-refractivity contribution >= 4 is 22.4 Å². The number of ether oxygens (including phenoxy) is 3. The van der Waals surface area contributed by atoms with Gasteiger partial charge in [-0.1, -0.05) is 17.8 Å². The van der Waals surface area contributed by atoms with E-state index >= 15 is 0 Å². The molecule has 0 radical (unpaired) electrons. The monoisotopic (exact) mass is 417 g/mol. The van der Waals surface area contributed by atoms with E-state index in [1.54, 1.807) is 12.1 Å². The molecule has 7 nitrogen and oxygen atoms in total. The maximum absolute atomic E-state index is 12.5. The number of amides is 1. The fraction of sp³-hybridized carbons (Fsp3) is 0.571. The maximum atomic E-state index is 12.5. The van der Waals surface area contributed by atoms with Crippen LogP contribution in [0.25, 0.3) is 0 Å². The Balaban J connectivity index is 1.23. The minimum atomic E-state index is -0.211. The molecule has 1 aromatic heterocycles. The molecule has 1 saturated heterocycles. The normalized spacial score (nSPS) is 19.9. The van der Waals surface area contributed by atoms with Crippen LogP contribution in [-0.4, -0.2) is 41.5 Å². The number of carbonyl (C=O) groups excluding carboxylic acids is 1. The largest absolute Gasteiger partial charge is 0.490 e. The summed E-state index contributed by atoms with van der Waals surface area (Å²) in [6, 6.07) is 7.27. The molecule has 1 unspecified atom stereocenters. The molecule has 0 bridgehead atoms. The van der Waals surface area contributed by atoms with Crippen molar-refractivity contribution in [3.63, 3.8) is 0 Å². The van der Waals surface area contributed by atoms with Crippen LogP contribution in [0.15, 0.2) is 24.3 Å². The zero-order chi connectivity index (χ0) is 19.9. The first-order valence-electron chi connectivity index (χ1n) is 10.4. The average Bonchev–Trinajstić information content (AvgIpc) is 3.42. The van der Waals surface area contributed by atoms with Crippen molar-refractivity contribution in [2.75, 3.05) is 18.5 Å². The van der Waals surface area contributed by atoms with Crippen LogP contribution >= 0.6 is 11.3 Å². The topological polar surface area (TPSA) is 82.6 Å². The Hall–Kier alpha value is -2.03. The molecule has 2 aliphatic rings. The van der Waals surface area contributed by atoms with Gasteiger partial charge in [-0.3, -0.25) is 10.1 Å². The van der Waals surface area contributed by atoms with Gasteiger partial charge in [0.1, 0.15) is 17.4 Å². The van der Waals surface area contributed by atoms with Crippen LogP contribution in [0.4, 0.5) is 5.13 Å². The lowest BCUT2D eigenvalue weighted by Crippen LogP contribution is -2.19. The van der Waals surface area contributed by atoms with Crippen LogP contribution in [0, 0.1) is 0 Å². The summed E-state index contributed by atoms with van der Waals surface area (Å²) in [6.45, 7) is 1.76. The summed E-state index contributed by atoms with van der Waals surface area (Å²) in [5, 5.41) is 12.1. The molecule has 2 fully saturated rings. The van der Waals surface area contributed by atoms with Gasteiger partial charge < -0.3 is 14.2 Å². The van der Waals surface area contributed by atoms with Gasteiger partial charge in [-0.25, -0.2) is 0 Å². The lowest BCUT2D eigenvalue weighted by Gasteiger charge is -2.23. The predicted molar refractivity (Wildman–Crippen MR) is 110 cm³/mol. The predicted octanol–water partition coefficient (Wildman–Crippen LogP) is 4.20. The van der Waals surface area contributed by atoms with E-state index in [1.165, 1.54) is 30.6 Å². The quantitative estimate of drug-likeness (QED) is 0.693. The summed E-state index contributed by atoms with van der Waals surface area (Å²) < 4.78 is 17.2. The fourth-order valence-corrected chi connectivity index (χ4v) is 4.32. The molecule has 1 atom stereocenters. The second-order valence-electron chi connectivity index (χ2n) is 7.51. The Morgan fingerprint density at radius 3 is 2.69 bits per heavy atom. The van der Waals surface area contributed by atoms with Gasteiger partial charge in [0.05, 0.1) is 18.8 Å². The summed E-state index contributed by atoms with van der Waals surface area (Å²) in [4.78, 5) is 12.5. The highest BCUT2D eigenvalue weighted by Gasteiger charge is 2.17. The number of hydrogen-bond acceptors (Lipinski definition) is 7. The highest BCUT2D eigenvalue weighted by molar-refractivity contribution is 7.15. The molecule has 2 heterocycles. The van der Waals surface area contributed by atoms with Gasteiger partial charge in [-0.05, 0) is 62.8 Å². The maximum Gasteiger partial charge on any atom is 0.257 e. The Labute approximate surface area is 174 Å². The van der Waals surface area contributed by atoms with Crippen LogP contribution in [0.5, 0.6) is 5.75 Å². The number of benzene rings is 1. The minimum absolute atomic E-state index is 0.187. The third-order valence-corrected chi connectivity index (χ3v) is 6.02. The highest BCUT2D eigenvalue weighted by Crippen LogP contribution is 2.24. The van der Waals surface area contributed by atoms with Crippen molar-refractivity contribution in [2.24, 2.45) is 0 Å². The first-order chi connectivity index (χ1) is 14.3. The van der Waals surface area contributed by atoms with E-state index in [0.29, 0.717) is 30.0 Å². The summed E-state index contributed by atoms with van der Waals surface area (Å²) in [7, 11) is 0. The number of nitrogens with one attached hydrogen (secondary N) is 1. The van der Waals surface area contributed by atoms with Gasteiger partial charge in [0.2, 0.25) is 5.13 Å². The molecule has 1 aliphatic heterocycles. The van der Waals surface area contributed by atoms with Gasteiger partial charge in [0.25, 0.3) is 5.91 Å². The zero-order valence-corrected chi connectivity index (χ0v) is 17.3. The molecular formula is C21H27N3O4S. The van der Waals surface area contributed by atoms with Crippen molar-refractivity contribution < 1.29 is 19.0 Å². The van der Waals surface area contributed by atoms with Crippen molar-refractivity contribution in [1.29, 1.82) is 0 Å². The third-order valence-electron chi connectivity index (χ3n) is 5.21. The molecule has 1 saturated carbocycles. The molecule has 29 heavy (non-hydrogen) atoms. The lowest BCUT2D eigenvalue weighted by molar-refractivity contribution is 0.0104. The Kier molecular flexibility index (Phi) is 7.08. The average molecular weight is 418 g/mol. The van der Waals surface area contributed by atoms with E-state index < -0.39 is 0 Å². The second-order valence-corrected chi connectivity index (χ2v) is 8.57. The van der Waals surface area contributed by atoms with Crippen LogP contribution in [0.2, 0.25) is 0 Å². The summed E-state index contributed by atoms with van der Waals surface area (Å²) in [5.41, 5.74) is 0.562. The van der Waals surface area contributed by atoms with E-state index in [1.807, 2.05) is 12.1 Å². The van der Waals surface area contributed by atoms with Crippen LogP contribution in [0.3, 0.4) is 0 Å². The molecule has 1 aliphatic carbocycles. The van der Waals surface area contributed by atoms with E-state index in [9.17, 15) is 4.79 Å². The number of aromatic nitrogens is 2. The fourth-order valence-electron chi connectivity index (χ4n) is 3.65. The summed E-state index contributed by atoms with van der Waals surface area (Å²) in [5.74, 6) is 0.604. The first kappa shape index (κ1) is 20.3. The number of carbonyl (C=O) groups is 1.